The maximum Gasteiger partial charge on any atom is 0.228 e. The summed E-state index contributed by atoms with van der Waals surface area (Å²) >= 11 is 0. The second-order valence-corrected chi connectivity index (χ2v) is 7.54. The lowest BCUT2D eigenvalue weighted by Gasteiger charge is -2.29. The van der Waals surface area contributed by atoms with E-state index in [9.17, 15) is 4.79 Å². The van der Waals surface area contributed by atoms with Gasteiger partial charge in [-0.1, -0.05) is 54.1 Å². The SMILES string of the molecule is Cc1cccc(-c2ccccc2CC2(C(=O)NC(C)C)CCNC2)c1. The number of benzene rings is 2. The van der Waals surface area contributed by atoms with Crippen molar-refractivity contribution >= 4 is 5.91 Å². The molecule has 0 bridgehead atoms. The fourth-order valence-corrected chi connectivity index (χ4v) is 3.72. The van der Waals surface area contributed by atoms with E-state index < -0.39 is 0 Å². The average Bonchev–Trinajstić information content (AvgIpc) is 3.05. The van der Waals surface area contributed by atoms with Gasteiger partial charge in [-0.2, -0.15) is 0 Å². The van der Waals surface area contributed by atoms with Crippen LogP contribution in [0.5, 0.6) is 0 Å². The van der Waals surface area contributed by atoms with Crippen molar-refractivity contribution < 1.29 is 4.79 Å². The van der Waals surface area contributed by atoms with Crippen molar-refractivity contribution in [3.8, 4) is 11.1 Å². The molecule has 1 atom stereocenters. The van der Waals surface area contributed by atoms with Crippen molar-refractivity contribution in [2.24, 2.45) is 5.41 Å². The number of rotatable bonds is 5. The smallest absolute Gasteiger partial charge is 0.228 e. The molecule has 2 N–H and O–H groups in total. The lowest BCUT2D eigenvalue weighted by Crippen LogP contribution is -2.46. The van der Waals surface area contributed by atoms with E-state index in [-0.39, 0.29) is 17.4 Å². The molecule has 1 fully saturated rings. The molecule has 132 valence electrons. The monoisotopic (exact) mass is 336 g/mol. The first kappa shape index (κ1) is 17.7. The zero-order valence-corrected chi connectivity index (χ0v) is 15.4. The Hall–Kier alpha value is -2.13. The summed E-state index contributed by atoms with van der Waals surface area (Å²) < 4.78 is 0. The van der Waals surface area contributed by atoms with Gasteiger partial charge in [0.05, 0.1) is 5.41 Å². The van der Waals surface area contributed by atoms with Crippen molar-refractivity contribution in [3.63, 3.8) is 0 Å². The molecule has 3 nitrogen and oxygen atoms in total. The summed E-state index contributed by atoms with van der Waals surface area (Å²) in [6.45, 7) is 7.81. The standard InChI is InChI=1S/C22H28N2O/c1-16(2)24-21(25)22(11-12-23-15-22)14-19-8-4-5-10-20(19)18-9-6-7-17(3)13-18/h4-10,13,16,23H,11-12,14-15H2,1-3H3,(H,24,25). The Morgan fingerprint density at radius 1 is 1.20 bits per heavy atom. The molecule has 1 unspecified atom stereocenters. The molecule has 1 saturated heterocycles. The van der Waals surface area contributed by atoms with E-state index >= 15 is 0 Å². The maximum atomic E-state index is 12.9. The molecule has 2 aromatic carbocycles. The first-order chi connectivity index (χ1) is 12.0. The quantitative estimate of drug-likeness (QED) is 0.874. The molecule has 1 heterocycles. The molecule has 0 aliphatic carbocycles. The molecule has 3 rings (SSSR count). The van der Waals surface area contributed by atoms with Crippen molar-refractivity contribution in [2.45, 2.75) is 39.7 Å². The lowest BCUT2D eigenvalue weighted by atomic mass is 9.78. The molecule has 2 aromatic rings. The normalized spacial score (nSPS) is 20.0. The number of nitrogens with one attached hydrogen (secondary N) is 2. The zero-order chi connectivity index (χ0) is 17.9. The molecule has 25 heavy (non-hydrogen) atoms. The molecule has 0 aromatic heterocycles. The lowest BCUT2D eigenvalue weighted by molar-refractivity contribution is -0.130. The van der Waals surface area contributed by atoms with Gasteiger partial charge >= 0.3 is 0 Å². The molecular weight excluding hydrogens is 308 g/mol. The number of carbonyl (C=O) groups is 1. The van der Waals surface area contributed by atoms with Crippen molar-refractivity contribution in [2.75, 3.05) is 13.1 Å². The summed E-state index contributed by atoms with van der Waals surface area (Å²) in [6.07, 6.45) is 1.65. The molecule has 1 aliphatic rings. The molecule has 0 radical (unpaired) electrons. The molecule has 0 spiro atoms. The van der Waals surface area contributed by atoms with Crippen LogP contribution in [0.1, 0.15) is 31.4 Å². The fraction of sp³-hybridized carbons (Fsp3) is 0.409. The summed E-state index contributed by atoms with van der Waals surface area (Å²) in [4.78, 5) is 12.9. The van der Waals surface area contributed by atoms with E-state index in [1.165, 1.54) is 22.3 Å². The van der Waals surface area contributed by atoms with Crippen LogP contribution in [0.2, 0.25) is 0 Å². The highest BCUT2D eigenvalue weighted by molar-refractivity contribution is 5.84. The van der Waals surface area contributed by atoms with Gasteiger partial charge < -0.3 is 10.6 Å². The van der Waals surface area contributed by atoms with Gasteiger partial charge in [0.2, 0.25) is 5.91 Å². The topological polar surface area (TPSA) is 41.1 Å². The number of carbonyl (C=O) groups excluding carboxylic acids is 1. The average molecular weight is 336 g/mol. The van der Waals surface area contributed by atoms with Gasteiger partial charge in [0.15, 0.2) is 0 Å². The zero-order valence-electron chi connectivity index (χ0n) is 15.4. The van der Waals surface area contributed by atoms with Crippen LogP contribution in [-0.4, -0.2) is 25.0 Å². The fourth-order valence-electron chi connectivity index (χ4n) is 3.72. The highest BCUT2D eigenvalue weighted by Gasteiger charge is 2.41. The number of hydrogen-bond donors (Lipinski definition) is 2. The number of amides is 1. The van der Waals surface area contributed by atoms with Crippen molar-refractivity contribution in [3.05, 3.63) is 59.7 Å². The van der Waals surface area contributed by atoms with E-state index in [1.807, 2.05) is 13.8 Å². The van der Waals surface area contributed by atoms with Crippen LogP contribution in [-0.2, 0) is 11.2 Å². The Bertz CT molecular complexity index is 745. The van der Waals surface area contributed by atoms with Crippen LogP contribution < -0.4 is 10.6 Å². The minimum atomic E-state index is -0.357. The Morgan fingerprint density at radius 2 is 2.00 bits per heavy atom. The van der Waals surface area contributed by atoms with Crippen LogP contribution in [0.4, 0.5) is 0 Å². The first-order valence-electron chi connectivity index (χ1n) is 9.17. The van der Waals surface area contributed by atoms with Gasteiger partial charge in [0.25, 0.3) is 0 Å². The number of hydrogen-bond acceptors (Lipinski definition) is 2. The van der Waals surface area contributed by atoms with Crippen LogP contribution in [0, 0.1) is 12.3 Å². The Labute approximate surface area is 150 Å². The molecular formula is C22H28N2O. The van der Waals surface area contributed by atoms with Crippen molar-refractivity contribution in [1.82, 2.24) is 10.6 Å². The Morgan fingerprint density at radius 3 is 2.68 bits per heavy atom. The van der Waals surface area contributed by atoms with Gasteiger partial charge in [-0.3, -0.25) is 4.79 Å². The van der Waals surface area contributed by atoms with Crippen LogP contribution in [0.3, 0.4) is 0 Å². The summed E-state index contributed by atoms with van der Waals surface area (Å²) in [5.74, 6) is 0.173. The predicted octanol–water partition coefficient (Wildman–Crippen LogP) is 3.71. The van der Waals surface area contributed by atoms with Crippen LogP contribution >= 0.6 is 0 Å². The summed E-state index contributed by atoms with van der Waals surface area (Å²) in [5.41, 5.74) is 4.60. The molecule has 1 amide bonds. The molecule has 0 saturated carbocycles. The Balaban J connectivity index is 1.95. The minimum Gasteiger partial charge on any atom is -0.353 e. The second-order valence-electron chi connectivity index (χ2n) is 7.54. The third-order valence-electron chi connectivity index (χ3n) is 5.02. The van der Waals surface area contributed by atoms with Crippen LogP contribution in [0.15, 0.2) is 48.5 Å². The largest absolute Gasteiger partial charge is 0.353 e. The van der Waals surface area contributed by atoms with Gasteiger partial charge in [0, 0.05) is 12.6 Å². The van der Waals surface area contributed by atoms with E-state index in [0.29, 0.717) is 0 Å². The summed E-state index contributed by atoms with van der Waals surface area (Å²) in [5, 5.41) is 6.53. The number of aryl methyl sites for hydroxylation is 1. The van der Waals surface area contributed by atoms with Crippen molar-refractivity contribution in [1.29, 1.82) is 0 Å². The van der Waals surface area contributed by atoms with E-state index in [4.69, 9.17) is 0 Å². The van der Waals surface area contributed by atoms with Gasteiger partial charge in [0.1, 0.15) is 0 Å². The van der Waals surface area contributed by atoms with E-state index in [0.717, 1.165) is 25.9 Å². The summed E-state index contributed by atoms with van der Waals surface area (Å²) in [7, 11) is 0. The van der Waals surface area contributed by atoms with Gasteiger partial charge in [-0.25, -0.2) is 0 Å². The Kier molecular flexibility index (Phi) is 5.24. The third-order valence-corrected chi connectivity index (χ3v) is 5.02. The predicted molar refractivity (Wildman–Crippen MR) is 104 cm³/mol. The minimum absolute atomic E-state index is 0.164. The van der Waals surface area contributed by atoms with E-state index in [2.05, 4.69) is 66.1 Å². The molecule has 3 heteroatoms. The highest BCUT2D eigenvalue weighted by atomic mass is 16.2. The first-order valence-corrected chi connectivity index (χ1v) is 9.17. The second kappa shape index (κ2) is 7.40. The van der Waals surface area contributed by atoms with E-state index in [1.54, 1.807) is 0 Å². The summed E-state index contributed by atoms with van der Waals surface area (Å²) in [6, 6.07) is 17.2. The van der Waals surface area contributed by atoms with Gasteiger partial charge in [-0.15, -0.1) is 0 Å². The van der Waals surface area contributed by atoms with Crippen LogP contribution in [0.25, 0.3) is 11.1 Å². The highest BCUT2D eigenvalue weighted by Crippen LogP contribution is 2.35. The molecule has 1 aliphatic heterocycles. The maximum absolute atomic E-state index is 12.9. The van der Waals surface area contributed by atoms with Gasteiger partial charge in [-0.05, 0) is 56.8 Å². The third kappa shape index (κ3) is 3.93.